The van der Waals surface area contributed by atoms with Crippen LogP contribution in [0.1, 0.15) is 30.4 Å². The van der Waals surface area contributed by atoms with E-state index in [4.69, 9.17) is 4.74 Å². The normalized spacial score (nSPS) is 20.6. The Hall–Kier alpha value is -2.33. The lowest BCUT2D eigenvalue weighted by atomic mass is 9.83. The first kappa shape index (κ1) is 15.0. The Morgan fingerprint density at radius 3 is 2.52 bits per heavy atom. The third-order valence-electron chi connectivity index (χ3n) is 5.82. The lowest BCUT2D eigenvalue weighted by Gasteiger charge is -2.41. The number of benzene rings is 2. The van der Waals surface area contributed by atoms with Gasteiger partial charge in [-0.3, -0.25) is 4.79 Å². The van der Waals surface area contributed by atoms with Crippen molar-refractivity contribution in [1.82, 2.24) is 5.32 Å². The molecule has 4 heteroatoms. The summed E-state index contributed by atoms with van der Waals surface area (Å²) in [5.41, 5.74) is 5.75. The minimum atomic E-state index is 0.0410. The van der Waals surface area contributed by atoms with E-state index in [-0.39, 0.29) is 11.5 Å². The summed E-state index contributed by atoms with van der Waals surface area (Å²) < 4.78 is 6.44. The molecule has 0 radical (unpaired) electrons. The van der Waals surface area contributed by atoms with Crippen LogP contribution in [-0.4, -0.2) is 24.6 Å². The van der Waals surface area contributed by atoms with Crippen LogP contribution < -0.4 is 15.4 Å². The third-order valence-corrected chi connectivity index (χ3v) is 5.82. The fourth-order valence-electron chi connectivity index (χ4n) is 4.34. The number of aryl methyl sites for hydroxylation is 1. The van der Waals surface area contributed by atoms with E-state index >= 15 is 0 Å². The summed E-state index contributed by atoms with van der Waals surface area (Å²) in [6.45, 7) is 2.10. The van der Waals surface area contributed by atoms with Gasteiger partial charge >= 0.3 is 0 Å². The van der Waals surface area contributed by atoms with E-state index in [0.717, 1.165) is 55.8 Å². The topological polar surface area (TPSA) is 50.4 Å². The second-order valence-electron chi connectivity index (χ2n) is 7.45. The van der Waals surface area contributed by atoms with Crippen molar-refractivity contribution in [2.75, 3.05) is 18.4 Å². The maximum absolute atomic E-state index is 11.6. The fraction of sp³-hybridized carbons (Fsp3) is 0.381. The summed E-state index contributed by atoms with van der Waals surface area (Å²) in [5, 5.41) is 6.32. The first-order valence-corrected chi connectivity index (χ1v) is 9.17. The summed E-state index contributed by atoms with van der Waals surface area (Å²) in [4.78, 5) is 11.6. The highest BCUT2D eigenvalue weighted by atomic mass is 16.5. The first-order valence-electron chi connectivity index (χ1n) is 9.17. The molecule has 1 amide bonds. The predicted octanol–water partition coefficient (Wildman–Crippen LogP) is 3.30. The van der Waals surface area contributed by atoms with Gasteiger partial charge in [0.05, 0.1) is 6.42 Å². The molecule has 0 bridgehead atoms. The van der Waals surface area contributed by atoms with Gasteiger partial charge in [-0.2, -0.15) is 0 Å². The molecular formula is C21H22N2O2. The summed E-state index contributed by atoms with van der Waals surface area (Å²) in [6, 6.07) is 12.8. The summed E-state index contributed by atoms with van der Waals surface area (Å²) >= 11 is 0. The molecule has 3 aliphatic rings. The SMILES string of the molecule is O=C1Cc2cc(-c3ccc4c(c3)CCC3(CCNCC3)O4)ccc2N1. The van der Waals surface area contributed by atoms with Crippen LogP contribution in [0.5, 0.6) is 5.75 Å². The maximum atomic E-state index is 11.6. The van der Waals surface area contributed by atoms with Gasteiger partial charge < -0.3 is 15.4 Å². The zero-order valence-electron chi connectivity index (χ0n) is 14.2. The van der Waals surface area contributed by atoms with Crippen LogP contribution in [0, 0.1) is 0 Å². The quantitative estimate of drug-likeness (QED) is 0.841. The van der Waals surface area contributed by atoms with E-state index in [0.29, 0.717) is 6.42 Å². The molecule has 0 saturated carbocycles. The van der Waals surface area contributed by atoms with Crippen LogP contribution in [0.25, 0.3) is 11.1 Å². The van der Waals surface area contributed by atoms with Crippen molar-refractivity contribution >= 4 is 11.6 Å². The molecular weight excluding hydrogens is 312 g/mol. The average molecular weight is 334 g/mol. The third kappa shape index (κ3) is 2.61. The molecule has 1 saturated heterocycles. The van der Waals surface area contributed by atoms with Crippen LogP contribution in [0.2, 0.25) is 0 Å². The summed E-state index contributed by atoms with van der Waals surface area (Å²) in [6.07, 6.45) is 4.86. The smallest absolute Gasteiger partial charge is 0.228 e. The van der Waals surface area contributed by atoms with Gasteiger partial charge in [0.15, 0.2) is 0 Å². The molecule has 2 aromatic carbocycles. The van der Waals surface area contributed by atoms with Gasteiger partial charge in [-0.05, 0) is 85.3 Å². The van der Waals surface area contributed by atoms with Gasteiger partial charge in [-0.15, -0.1) is 0 Å². The van der Waals surface area contributed by atoms with Gasteiger partial charge in [0.25, 0.3) is 0 Å². The molecule has 0 atom stereocenters. The number of hydrogen-bond donors (Lipinski definition) is 2. The predicted molar refractivity (Wildman–Crippen MR) is 98.0 cm³/mol. The second-order valence-corrected chi connectivity index (χ2v) is 7.45. The molecule has 2 N–H and O–H groups in total. The molecule has 0 aliphatic carbocycles. The molecule has 1 spiro atoms. The number of ether oxygens (including phenoxy) is 1. The number of fused-ring (bicyclic) bond motifs is 2. The maximum Gasteiger partial charge on any atom is 0.228 e. The van der Waals surface area contributed by atoms with Gasteiger partial charge in [0.1, 0.15) is 11.4 Å². The molecule has 3 heterocycles. The molecule has 5 rings (SSSR count). The van der Waals surface area contributed by atoms with Crippen molar-refractivity contribution in [2.24, 2.45) is 0 Å². The van der Waals surface area contributed by atoms with E-state index in [1.165, 1.54) is 16.7 Å². The zero-order chi connectivity index (χ0) is 16.9. The summed E-state index contributed by atoms with van der Waals surface area (Å²) in [5.74, 6) is 1.13. The number of hydrogen-bond acceptors (Lipinski definition) is 3. The van der Waals surface area contributed by atoms with Crippen LogP contribution >= 0.6 is 0 Å². The highest BCUT2D eigenvalue weighted by Crippen LogP contribution is 2.40. The number of carbonyl (C=O) groups is 1. The lowest BCUT2D eigenvalue weighted by molar-refractivity contribution is -0.115. The van der Waals surface area contributed by atoms with Gasteiger partial charge in [0.2, 0.25) is 5.91 Å². The molecule has 1 fully saturated rings. The number of carbonyl (C=O) groups excluding carboxylic acids is 1. The van der Waals surface area contributed by atoms with Gasteiger partial charge in [-0.25, -0.2) is 0 Å². The minimum Gasteiger partial charge on any atom is -0.487 e. The van der Waals surface area contributed by atoms with Crippen molar-refractivity contribution in [3.05, 3.63) is 47.5 Å². The largest absolute Gasteiger partial charge is 0.487 e. The first-order chi connectivity index (χ1) is 12.2. The standard InChI is InChI=1S/C21H22N2O2/c24-20-13-17-12-14(1-3-18(17)23-20)15-2-4-19-16(11-15)5-6-21(25-19)7-9-22-10-8-21/h1-4,11-12,22H,5-10,13H2,(H,23,24). The fourth-order valence-corrected chi connectivity index (χ4v) is 4.34. The van der Waals surface area contributed by atoms with Crippen LogP contribution in [0.4, 0.5) is 5.69 Å². The van der Waals surface area contributed by atoms with E-state index in [2.05, 4.69) is 41.0 Å². The molecule has 3 aliphatic heterocycles. The van der Waals surface area contributed by atoms with Gasteiger partial charge in [0, 0.05) is 5.69 Å². The molecule has 0 aromatic heterocycles. The Bertz CT molecular complexity index is 853. The molecule has 0 unspecified atom stereocenters. The van der Waals surface area contributed by atoms with Gasteiger partial charge in [-0.1, -0.05) is 12.1 Å². The van der Waals surface area contributed by atoms with Crippen molar-refractivity contribution < 1.29 is 9.53 Å². The van der Waals surface area contributed by atoms with E-state index in [9.17, 15) is 4.79 Å². The monoisotopic (exact) mass is 334 g/mol. The number of piperidine rings is 1. The van der Waals surface area contributed by atoms with Crippen molar-refractivity contribution in [2.45, 2.75) is 37.7 Å². The Kier molecular flexibility index (Phi) is 3.35. The van der Waals surface area contributed by atoms with E-state index < -0.39 is 0 Å². The van der Waals surface area contributed by atoms with Crippen molar-refractivity contribution in [3.8, 4) is 16.9 Å². The highest BCUT2D eigenvalue weighted by Gasteiger charge is 2.37. The second kappa shape index (κ2) is 5.60. The Morgan fingerprint density at radius 2 is 1.68 bits per heavy atom. The van der Waals surface area contributed by atoms with Crippen molar-refractivity contribution in [1.29, 1.82) is 0 Å². The highest BCUT2D eigenvalue weighted by molar-refractivity contribution is 5.99. The lowest BCUT2D eigenvalue weighted by Crippen LogP contribution is -2.48. The Balaban J connectivity index is 1.44. The zero-order valence-corrected chi connectivity index (χ0v) is 14.2. The van der Waals surface area contributed by atoms with Crippen LogP contribution in [-0.2, 0) is 17.6 Å². The molecule has 4 nitrogen and oxygen atoms in total. The Labute approximate surface area is 147 Å². The van der Waals surface area contributed by atoms with Crippen molar-refractivity contribution in [3.63, 3.8) is 0 Å². The number of nitrogens with one attached hydrogen (secondary N) is 2. The summed E-state index contributed by atoms with van der Waals surface area (Å²) in [7, 11) is 0. The van der Waals surface area contributed by atoms with Crippen LogP contribution in [0.3, 0.4) is 0 Å². The van der Waals surface area contributed by atoms with E-state index in [1.54, 1.807) is 0 Å². The molecule has 2 aromatic rings. The molecule has 128 valence electrons. The molecule has 25 heavy (non-hydrogen) atoms. The van der Waals surface area contributed by atoms with E-state index in [1.807, 2.05) is 6.07 Å². The number of amides is 1. The van der Waals surface area contributed by atoms with Crippen LogP contribution in [0.15, 0.2) is 36.4 Å². The number of rotatable bonds is 1. The average Bonchev–Trinajstić information content (AvgIpc) is 3.01. The number of anilines is 1. The Morgan fingerprint density at radius 1 is 0.920 bits per heavy atom. The minimum absolute atomic E-state index is 0.0410.